The zero-order chi connectivity index (χ0) is 19.8. The first-order valence-corrected chi connectivity index (χ1v) is 10.4. The normalized spacial score (nSPS) is 20.3. The van der Waals surface area contributed by atoms with E-state index in [9.17, 15) is 4.79 Å². The number of hydrogen-bond acceptors (Lipinski definition) is 4. The molecule has 0 aromatic heterocycles. The number of anilines is 2. The first-order chi connectivity index (χ1) is 12.9. The molecule has 0 aliphatic carbocycles. The molecule has 0 radical (unpaired) electrons. The van der Waals surface area contributed by atoms with Crippen LogP contribution in [0.1, 0.15) is 53.9 Å². The van der Waals surface area contributed by atoms with Gasteiger partial charge in [-0.15, -0.1) is 0 Å². The summed E-state index contributed by atoms with van der Waals surface area (Å²) in [7, 11) is 0. The van der Waals surface area contributed by atoms with Crippen LogP contribution in [0.25, 0.3) is 0 Å². The minimum absolute atomic E-state index is 0.0570. The van der Waals surface area contributed by atoms with Crippen molar-refractivity contribution in [2.75, 3.05) is 36.4 Å². The summed E-state index contributed by atoms with van der Waals surface area (Å²) in [4.78, 5) is 17.0. The van der Waals surface area contributed by atoms with Gasteiger partial charge in [-0.3, -0.25) is 9.69 Å². The third-order valence-corrected chi connectivity index (χ3v) is 5.06. The molecule has 0 bridgehead atoms. The molecule has 1 heterocycles. The van der Waals surface area contributed by atoms with Crippen molar-refractivity contribution < 1.29 is 9.53 Å². The van der Waals surface area contributed by atoms with Crippen LogP contribution < -0.4 is 10.2 Å². The first-order valence-electron chi connectivity index (χ1n) is 10.4. The van der Waals surface area contributed by atoms with E-state index in [2.05, 4.69) is 61.9 Å². The fourth-order valence-electron chi connectivity index (χ4n) is 3.61. The van der Waals surface area contributed by atoms with Gasteiger partial charge < -0.3 is 15.0 Å². The summed E-state index contributed by atoms with van der Waals surface area (Å²) in [6.45, 7) is 13.9. The van der Waals surface area contributed by atoms with Gasteiger partial charge in [0.15, 0.2) is 0 Å². The van der Waals surface area contributed by atoms with Crippen LogP contribution >= 0.6 is 0 Å². The monoisotopic (exact) mass is 375 g/mol. The van der Waals surface area contributed by atoms with Crippen LogP contribution in [0, 0.1) is 0 Å². The number of carbonyl (C=O) groups is 1. The van der Waals surface area contributed by atoms with Crippen LogP contribution in [0.4, 0.5) is 11.4 Å². The van der Waals surface area contributed by atoms with Gasteiger partial charge >= 0.3 is 0 Å². The minimum atomic E-state index is 0.0570. The first kappa shape index (κ1) is 21.7. The number of rotatable bonds is 9. The lowest BCUT2D eigenvalue weighted by molar-refractivity contribution is -0.117. The van der Waals surface area contributed by atoms with Gasteiger partial charge in [0.1, 0.15) is 0 Å². The summed E-state index contributed by atoms with van der Waals surface area (Å²) in [5, 5.41) is 3.04. The van der Waals surface area contributed by atoms with Crippen LogP contribution in [-0.2, 0) is 9.53 Å². The Bertz CT molecular complexity index is 563. The van der Waals surface area contributed by atoms with Crippen molar-refractivity contribution >= 4 is 17.3 Å². The van der Waals surface area contributed by atoms with E-state index in [0.29, 0.717) is 12.6 Å². The SMILES string of the molecule is CCCCCN(CC(=O)Nc1ccc(N2CC(C)OC(C)C2)cc1)C(C)C. The maximum absolute atomic E-state index is 12.5. The summed E-state index contributed by atoms with van der Waals surface area (Å²) in [6.07, 6.45) is 4.04. The Morgan fingerprint density at radius 1 is 1.19 bits per heavy atom. The molecule has 2 unspecified atom stereocenters. The Labute approximate surface area is 165 Å². The number of nitrogens with zero attached hydrogens (tertiary/aromatic N) is 2. The van der Waals surface area contributed by atoms with Gasteiger partial charge in [0.25, 0.3) is 0 Å². The molecule has 1 saturated heterocycles. The summed E-state index contributed by atoms with van der Waals surface area (Å²) in [5.41, 5.74) is 2.04. The lowest BCUT2D eigenvalue weighted by Gasteiger charge is -2.36. The number of hydrogen-bond donors (Lipinski definition) is 1. The highest BCUT2D eigenvalue weighted by atomic mass is 16.5. The third kappa shape index (κ3) is 7.15. The third-order valence-electron chi connectivity index (χ3n) is 5.06. The molecule has 27 heavy (non-hydrogen) atoms. The van der Waals surface area contributed by atoms with Crippen molar-refractivity contribution in [3.8, 4) is 0 Å². The molecule has 1 aromatic carbocycles. The van der Waals surface area contributed by atoms with E-state index in [4.69, 9.17) is 4.74 Å². The molecule has 1 fully saturated rings. The molecule has 0 spiro atoms. The molecule has 152 valence electrons. The van der Waals surface area contributed by atoms with E-state index in [1.807, 2.05) is 12.1 Å². The number of nitrogens with one attached hydrogen (secondary N) is 1. The van der Waals surface area contributed by atoms with E-state index in [0.717, 1.165) is 31.7 Å². The Hall–Kier alpha value is -1.59. The second-order valence-corrected chi connectivity index (χ2v) is 8.03. The van der Waals surface area contributed by atoms with Crippen molar-refractivity contribution in [2.45, 2.75) is 72.1 Å². The predicted octanol–water partition coefficient (Wildman–Crippen LogP) is 4.14. The van der Waals surface area contributed by atoms with E-state index in [1.54, 1.807) is 0 Å². The lowest BCUT2D eigenvalue weighted by atomic mass is 10.2. The van der Waals surface area contributed by atoms with E-state index in [-0.39, 0.29) is 18.1 Å². The van der Waals surface area contributed by atoms with Crippen molar-refractivity contribution in [2.24, 2.45) is 0 Å². The Morgan fingerprint density at radius 2 is 1.81 bits per heavy atom. The second-order valence-electron chi connectivity index (χ2n) is 8.03. The van der Waals surface area contributed by atoms with E-state index >= 15 is 0 Å². The van der Waals surface area contributed by atoms with Crippen molar-refractivity contribution in [1.29, 1.82) is 0 Å². The largest absolute Gasteiger partial charge is 0.372 e. The predicted molar refractivity (Wildman–Crippen MR) is 114 cm³/mol. The molecule has 2 rings (SSSR count). The van der Waals surface area contributed by atoms with Crippen LogP contribution in [0.2, 0.25) is 0 Å². The fourth-order valence-corrected chi connectivity index (χ4v) is 3.61. The summed E-state index contributed by atoms with van der Waals surface area (Å²) >= 11 is 0. The molecule has 2 atom stereocenters. The van der Waals surface area contributed by atoms with Gasteiger partial charge in [0, 0.05) is 30.5 Å². The van der Waals surface area contributed by atoms with E-state index < -0.39 is 0 Å². The van der Waals surface area contributed by atoms with Crippen LogP contribution in [-0.4, -0.2) is 55.2 Å². The average molecular weight is 376 g/mol. The van der Waals surface area contributed by atoms with Gasteiger partial charge in [0.2, 0.25) is 5.91 Å². The van der Waals surface area contributed by atoms with Crippen LogP contribution in [0.5, 0.6) is 0 Å². The highest BCUT2D eigenvalue weighted by Gasteiger charge is 2.22. The molecule has 1 aliphatic heterocycles. The highest BCUT2D eigenvalue weighted by molar-refractivity contribution is 5.92. The quantitative estimate of drug-likeness (QED) is 0.659. The van der Waals surface area contributed by atoms with Crippen LogP contribution in [0.3, 0.4) is 0 Å². The topological polar surface area (TPSA) is 44.8 Å². The molecule has 1 N–H and O–H groups in total. The van der Waals surface area contributed by atoms with Gasteiger partial charge in [-0.25, -0.2) is 0 Å². The van der Waals surface area contributed by atoms with Crippen molar-refractivity contribution in [3.63, 3.8) is 0 Å². The number of amides is 1. The number of ether oxygens (including phenoxy) is 1. The molecule has 5 heteroatoms. The summed E-state index contributed by atoms with van der Waals surface area (Å²) in [6, 6.07) is 8.54. The van der Waals surface area contributed by atoms with Crippen LogP contribution in [0.15, 0.2) is 24.3 Å². The molecule has 5 nitrogen and oxygen atoms in total. The molecule has 1 amide bonds. The number of morpholine rings is 1. The second kappa shape index (κ2) is 10.7. The van der Waals surface area contributed by atoms with E-state index in [1.165, 1.54) is 18.5 Å². The van der Waals surface area contributed by atoms with Gasteiger partial charge in [-0.2, -0.15) is 0 Å². The Morgan fingerprint density at radius 3 is 2.37 bits per heavy atom. The summed E-state index contributed by atoms with van der Waals surface area (Å²) in [5.74, 6) is 0.0570. The maximum atomic E-state index is 12.5. The molecular formula is C22H37N3O2. The Balaban J connectivity index is 1.88. The molecular weight excluding hydrogens is 338 g/mol. The number of benzene rings is 1. The number of unbranched alkanes of at least 4 members (excludes halogenated alkanes) is 2. The number of carbonyl (C=O) groups excluding carboxylic acids is 1. The zero-order valence-corrected chi connectivity index (χ0v) is 17.7. The van der Waals surface area contributed by atoms with Gasteiger partial charge in [-0.1, -0.05) is 19.8 Å². The summed E-state index contributed by atoms with van der Waals surface area (Å²) < 4.78 is 5.80. The fraction of sp³-hybridized carbons (Fsp3) is 0.682. The molecule has 1 aliphatic rings. The van der Waals surface area contributed by atoms with Crippen molar-refractivity contribution in [1.82, 2.24) is 4.90 Å². The minimum Gasteiger partial charge on any atom is -0.372 e. The highest BCUT2D eigenvalue weighted by Crippen LogP contribution is 2.22. The standard InChI is InChI=1S/C22H37N3O2/c1-6-7-8-13-24(17(2)3)16-22(26)23-20-9-11-21(12-10-20)25-14-18(4)27-19(5)15-25/h9-12,17-19H,6-8,13-16H2,1-5H3,(H,23,26). The lowest BCUT2D eigenvalue weighted by Crippen LogP contribution is -2.45. The van der Waals surface area contributed by atoms with Gasteiger partial charge in [-0.05, 0) is 64.9 Å². The zero-order valence-electron chi connectivity index (χ0n) is 17.7. The molecule has 0 saturated carbocycles. The average Bonchev–Trinajstić information content (AvgIpc) is 2.60. The smallest absolute Gasteiger partial charge is 0.238 e. The maximum Gasteiger partial charge on any atom is 0.238 e. The molecule has 1 aromatic rings. The Kier molecular flexibility index (Phi) is 8.58. The van der Waals surface area contributed by atoms with Gasteiger partial charge in [0.05, 0.1) is 18.8 Å². The van der Waals surface area contributed by atoms with Crippen molar-refractivity contribution in [3.05, 3.63) is 24.3 Å².